The van der Waals surface area contributed by atoms with Crippen LogP contribution >= 0.6 is 23.2 Å². The first-order chi connectivity index (χ1) is 36.2. The Morgan fingerprint density at radius 3 is 1.84 bits per heavy atom. The van der Waals surface area contributed by atoms with Gasteiger partial charge in [0.2, 0.25) is 0 Å². The van der Waals surface area contributed by atoms with E-state index >= 15 is 0 Å². The van der Waals surface area contributed by atoms with Crippen LogP contribution in [0.15, 0.2) is 73.3 Å². The number of aromatic nitrogens is 4. The zero-order chi connectivity index (χ0) is 52.5. The Hall–Kier alpha value is -6.42. The first-order valence-corrected chi connectivity index (χ1v) is 25.6. The van der Waals surface area contributed by atoms with E-state index in [0.717, 1.165) is 63.9 Å². The van der Waals surface area contributed by atoms with Crippen LogP contribution in [0, 0.1) is 11.6 Å². The number of fused-ring (bicyclic) bond motifs is 2. The van der Waals surface area contributed by atoms with Crippen molar-refractivity contribution in [3.8, 4) is 23.0 Å². The summed E-state index contributed by atoms with van der Waals surface area (Å²) in [4.78, 5) is 47.7. The molecule has 4 fully saturated rings. The molecule has 2 aromatic heterocycles. The van der Waals surface area contributed by atoms with Crippen LogP contribution in [0.5, 0.6) is 23.0 Å². The molecule has 6 aromatic rings. The van der Waals surface area contributed by atoms with Gasteiger partial charge in [-0.3, -0.25) is 24.3 Å². The van der Waals surface area contributed by atoms with Crippen LogP contribution in [0.4, 0.5) is 31.8 Å². The standard InChI is InChI=1S/C27H30ClFN4O5.C26H29ClFN5O4/c1-27(2)15-33(13-25(34)38-27)7-9-36-24-12-22-19(11-23(24)37-14-18-4-3-8-35-18)26(31-16-30-22)32-17-5-6-21(29)20(28)10-17;1-35-23-14-22-19(26(30-16-29-22)31-17-2-3-21(28)20(27)12-17)13-24(23)36-10-8-32-6-4-18(5-7-32)33-9-11-37-25(34)15-33/h5-6,10-12,16,18H,3-4,7-9,13-15H2,1-2H3,(H,30,31,32);2-3,12-14,16,18H,4-11,15H2,1H3,(H,29,30,31). The van der Waals surface area contributed by atoms with Crippen LogP contribution in [0.3, 0.4) is 0 Å². The van der Waals surface area contributed by atoms with Gasteiger partial charge in [0, 0.05) is 73.1 Å². The van der Waals surface area contributed by atoms with E-state index < -0.39 is 17.2 Å². The summed E-state index contributed by atoms with van der Waals surface area (Å²) in [6.45, 7) is 11.5. The Morgan fingerprint density at radius 2 is 1.28 bits per heavy atom. The topological polar surface area (TPSA) is 184 Å². The molecule has 75 heavy (non-hydrogen) atoms. The predicted octanol–water partition coefficient (Wildman–Crippen LogP) is 8.62. The van der Waals surface area contributed by atoms with Crippen molar-refractivity contribution in [1.82, 2.24) is 34.6 Å². The molecule has 10 rings (SSSR count). The van der Waals surface area contributed by atoms with Gasteiger partial charge in [-0.15, -0.1) is 0 Å². The SMILES string of the molecule is CC1(C)CN(CCOc2cc3ncnc(Nc4ccc(F)c(Cl)c4)c3cc2OCC2CCCO2)CC(=O)O1.COc1cc2ncnc(Nc3ccc(F)c(Cl)c3)c2cc1OCCN1CCC(N2CCOC(=O)C2)CC1. The Bertz CT molecular complexity index is 2980. The van der Waals surface area contributed by atoms with Gasteiger partial charge in [0.15, 0.2) is 23.0 Å². The van der Waals surface area contributed by atoms with E-state index in [-0.39, 0.29) is 34.6 Å². The maximum absolute atomic E-state index is 13.6. The van der Waals surface area contributed by atoms with Crippen LogP contribution in [0.25, 0.3) is 21.8 Å². The summed E-state index contributed by atoms with van der Waals surface area (Å²) in [7, 11) is 1.59. The van der Waals surface area contributed by atoms with E-state index in [1.54, 1.807) is 25.3 Å². The number of nitrogens with zero attached hydrogens (tertiary/aromatic N) is 7. The molecule has 398 valence electrons. The van der Waals surface area contributed by atoms with Gasteiger partial charge < -0.3 is 43.8 Å². The minimum Gasteiger partial charge on any atom is -0.493 e. The second-order valence-electron chi connectivity index (χ2n) is 19.1. The average Bonchev–Trinajstić information content (AvgIpc) is 3.92. The second kappa shape index (κ2) is 24.5. The molecule has 0 spiro atoms. The summed E-state index contributed by atoms with van der Waals surface area (Å²) < 4.78 is 67.4. The normalized spacial score (nSPS) is 18.5. The Kier molecular flexibility index (Phi) is 17.4. The molecule has 6 heterocycles. The van der Waals surface area contributed by atoms with E-state index in [1.165, 1.54) is 36.9 Å². The number of hydrogen-bond acceptors (Lipinski definition) is 18. The van der Waals surface area contributed by atoms with Gasteiger partial charge in [-0.05, 0) is 101 Å². The van der Waals surface area contributed by atoms with Gasteiger partial charge in [-0.2, -0.15) is 0 Å². The highest BCUT2D eigenvalue weighted by Crippen LogP contribution is 2.38. The molecular formula is C53H59Cl2F2N9O9. The number of rotatable bonds is 17. The molecule has 22 heteroatoms. The van der Waals surface area contributed by atoms with E-state index in [9.17, 15) is 18.4 Å². The summed E-state index contributed by atoms with van der Waals surface area (Å²) in [5, 5.41) is 7.83. The van der Waals surface area contributed by atoms with Crippen LogP contribution < -0.4 is 29.6 Å². The average molecular weight is 1080 g/mol. The fourth-order valence-corrected chi connectivity index (χ4v) is 9.83. The fraction of sp³-hybridized carbons (Fsp3) is 0.434. The van der Waals surface area contributed by atoms with Gasteiger partial charge in [-0.25, -0.2) is 28.7 Å². The number of carbonyl (C=O) groups excluding carboxylic acids is 2. The van der Waals surface area contributed by atoms with E-state index in [0.29, 0.717) is 115 Å². The van der Waals surface area contributed by atoms with Gasteiger partial charge in [-0.1, -0.05) is 23.2 Å². The molecule has 0 aliphatic carbocycles. The van der Waals surface area contributed by atoms with Gasteiger partial charge >= 0.3 is 11.9 Å². The Morgan fingerprint density at radius 1 is 0.693 bits per heavy atom. The molecule has 18 nitrogen and oxygen atoms in total. The number of cyclic esters (lactones) is 2. The molecule has 1 atom stereocenters. The molecule has 0 amide bonds. The third kappa shape index (κ3) is 14.1. The van der Waals surface area contributed by atoms with Crippen molar-refractivity contribution in [2.45, 2.75) is 57.3 Å². The molecule has 1 unspecified atom stereocenters. The highest BCUT2D eigenvalue weighted by molar-refractivity contribution is 6.31. The molecule has 0 bridgehead atoms. The quantitative estimate of drug-likeness (QED) is 0.0827. The number of methoxy groups -OCH3 is 1. The second-order valence-corrected chi connectivity index (χ2v) is 20.0. The van der Waals surface area contributed by atoms with Crippen molar-refractivity contribution in [3.05, 3.63) is 95.0 Å². The number of hydrogen-bond donors (Lipinski definition) is 2. The third-order valence-corrected chi connectivity index (χ3v) is 13.7. The summed E-state index contributed by atoms with van der Waals surface area (Å²) in [5.41, 5.74) is 1.97. The van der Waals surface area contributed by atoms with Crippen LogP contribution in [-0.4, -0.2) is 157 Å². The van der Waals surface area contributed by atoms with Crippen LogP contribution in [0.1, 0.15) is 39.5 Å². The Labute approximate surface area is 442 Å². The van der Waals surface area contributed by atoms with Crippen LogP contribution in [-0.2, 0) is 23.8 Å². The van der Waals surface area contributed by atoms with Crippen molar-refractivity contribution >= 4 is 80.0 Å². The first-order valence-electron chi connectivity index (χ1n) is 24.9. The van der Waals surface area contributed by atoms with E-state index in [2.05, 4.69) is 40.4 Å². The first kappa shape index (κ1) is 53.4. The smallest absolute Gasteiger partial charge is 0.320 e. The van der Waals surface area contributed by atoms with E-state index in [4.69, 9.17) is 56.4 Å². The number of anilines is 4. The summed E-state index contributed by atoms with van der Waals surface area (Å²) in [5.74, 6) is 1.93. The number of ether oxygens (including phenoxy) is 7. The maximum Gasteiger partial charge on any atom is 0.320 e. The summed E-state index contributed by atoms with van der Waals surface area (Å²) in [6, 6.07) is 16.5. The predicted molar refractivity (Wildman–Crippen MR) is 279 cm³/mol. The molecule has 4 saturated heterocycles. The monoisotopic (exact) mass is 1070 g/mol. The maximum atomic E-state index is 13.6. The minimum absolute atomic E-state index is 0.00925. The lowest BCUT2D eigenvalue weighted by Gasteiger charge is -2.39. The molecular weight excluding hydrogens is 1020 g/mol. The van der Waals surface area contributed by atoms with Gasteiger partial charge in [0.25, 0.3) is 0 Å². The lowest BCUT2D eigenvalue weighted by molar-refractivity contribution is -0.169. The molecule has 0 radical (unpaired) electrons. The molecule has 2 N–H and O–H groups in total. The molecule has 4 aliphatic heterocycles. The fourth-order valence-electron chi connectivity index (χ4n) is 9.47. The number of piperidine rings is 1. The number of morpholine rings is 2. The summed E-state index contributed by atoms with van der Waals surface area (Å²) >= 11 is 11.9. The largest absolute Gasteiger partial charge is 0.493 e. The number of benzene rings is 4. The van der Waals surface area contributed by atoms with E-state index in [1.807, 2.05) is 36.9 Å². The highest BCUT2D eigenvalue weighted by atomic mass is 35.5. The summed E-state index contributed by atoms with van der Waals surface area (Å²) in [6.07, 6.45) is 6.89. The number of carbonyl (C=O) groups is 2. The zero-order valence-electron chi connectivity index (χ0n) is 41.9. The van der Waals surface area contributed by atoms with Crippen molar-refractivity contribution in [3.63, 3.8) is 0 Å². The number of esters is 2. The highest BCUT2D eigenvalue weighted by Gasteiger charge is 2.33. The Balaban J connectivity index is 0.000000184. The number of likely N-dealkylation sites (tertiary alicyclic amines) is 1. The molecule has 4 aliphatic rings. The van der Waals surface area contributed by atoms with Crippen LogP contribution in [0.2, 0.25) is 10.0 Å². The molecule has 4 aromatic carbocycles. The third-order valence-electron chi connectivity index (χ3n) is 13.2. The minimum atomic E-state index is -0.539. The van der Waals surface area contributed by atoms with Crippen molar-refractivity contribution < 1.29 is 51.5 Å². The molecule has 0 saturated carbocycles. The van der Waals surface area contributed by atoms with Gasteiger partial charge in [0.05, 0.1) is 47.4 Å². The lowest BCUT2D eigenvalue weighted by Crippen LogP contribution is -2.51. The zero-order valence-corrected chi connectivity index (χ0v) is 43.4. The number of halogens is 4. The number of nitrogens with one attached hydrogen (secondary N) is 2. The van der Waals surface area contributed by atoms with Crippen molar-refractivity contribution in [1.29, 1.82) is 0 Å². The van der Waals surface area contributed by atoms with Gasteiger partial charge in [0.1, 0.15) is 68.0 Å². The van der Waals surface area contributed by atoms with Crippen molar-refractivity contribution in [2.75, 3.05) is 103 Å². The lowest BCUT2D eigenvalue weighted by atomic mass is 10.0. The van der Waals surface area contributed by atoms with Crippen molar-refractivity contribution in [2.24, 2.45) is 0 Å².